The van der Waals surface area contributed by atoms with Gasteiger partial charge in [-0.3, -0.25) is 19.9 Å². The van der Waals surface area contributed by atoms with E-state index < -0.39 is 6.36 Å². The quantitative estimate of drug-likeness (QED) is 0.0224. The number of aromatic nitrogens is 7. The summed E-state index contributed by atoms with van der Waals surface area (Å²) in [7, 11) is 1.41. The molecule has 0 aliphatic heterocycles. The zero-order chi connectivity index (χ0) is 87.7. The van der Waals surface area contributed by atoms with E-state index in [0.29, 0.717) is 63.4 Å². The molecule has 0 bridgehead atoms. The molecule has 8 rings (SSSR count). The third-order valence-corrected chi connectivity index (χ3v) is 19.5. The summed E-state index contributed by atoms with van der Waals surface area (Å²) in [6, 6.07) is 17.6. The number of hydrogen-bond donors (Lipinski definition) is 1. The Morgan fingerprint density at radius 2 is 0.750 bits per heavy atom. The Morgan fingerprint density at radius 1 is 0.383 bits per heavy atom. The van der Waals surface area contributed by atoms with Crippen LogP contribution in [0.2, 0.25) is 15.2 Å². The molecule has 120 heavy (non-hydrogen) atoms. The number of halogens is 9. The average Bonchev–Trinajstić information content (AvgIpc) is 0.786. The number of benzene rings is 1. The summed E-state index contributed by atoms with van der Waals surface area (Å²) in [6.07, 6.45) is 29.5. The minimum Gasteiger partial charge on any atom is -1.00 e. The number of nitrogens with zero attached hydrogens (tertiary/aromatic N) is 7. The summed E-state index contributed by atoms with van der Waals surface area (Å²) in [5, 5.41) is 10.2. The maximum absolute atomic E-state index is 12.5. The van der Waals surface area contributed by atoms with Gasteiger partial charge in [0.1, 0.15) is 50.6 Å². The maximum atomic E-state index is 12.5. The van der Waals surface area contributed by atoms with Crippen LogP contribution in [0.3, 0.4) is 0 Å². The Morgan fingerprint density at radius 3 is 1.13 bits per heavy atom. The predicted octanol–water partition coefficient (Wildman–Crippen LogP) is 21.4. The standard InChI is InChI=1S/C22H28F3NO3.C14H22BrNO.C14H23NO.C12H18ClNO.C12H19NO.C10H14ClNO.C5H4ClNO.2C2H5.2BrH.2Mg/c1-6-14-12-20(28-15(7-2)8-3)18(9-4)26-21(14)17-11-10-16(13-19(17)27-5)29-22(23,24)25;1-5-10-9-13(17-11(6-2)7-3)12(8-4)16-14(10)15;1-5-11-9-14(13(8-4)15-10-11)16-12(6-2)7-3;1-4-9-7-11(12(13)14-8-9)15-10(5-2)6-3;1-4-10-7-12(9-13-8-10)14-11(5-2)6-3;1-3-9(4-2)13-10-5-8(11)6-12-7-10;6-4-1-5(8)3-7-2-4;2*1-2;;;;/h10-13,15H,6-9H2,1-5H3;9,11H,5-8H2,1-4H3;9-10,12H,5-8H2,1-4H3;7-8,10H,4-6H2,1-3H3;7-9,11H,4-6H2,1-3H3;5-7,9H,3-4H2,1-2H3;1-3,8H;2*1H2,2H3;2*1H;;/q;;;;;;;2*-1;;;2*+2/p-2. The number of aryl methyl sites for hydroxylation is 8. The Balaban J connectivity index is -0.000000434. The molecular formula is C93H138Br3Cl3F3Mg2N7O9. The van der Waals surface area contributed by atoms with E-state index in [1.165, 1.54) is 54.4 Å². The number of hydrogen-bond acceptors (Lipinski definition) is 16. The van der Waals surface area contributed by atoms with E-state index in [0.717, 1.165) is 177 Å². The summed E-state index contributed by atoms with van der Waals surface area (Å²) in [6.45, 7) is 52.2. The number of alkyl halides is 3. The van der Waals surface area contributed by atoms with Gasteiger partial charge < -0.3 is 90.8 Å². The van der Waals surface area contributed by atoms with E-state index >= 15 is 0 Å². The fourth-order valence-electron chi connectivity index (χ4n) is 10.9. The summed E-state index contributed by atoms with van der Waals surface area (Å²) in [4.78, 5) is 29.7. The molecular weight excluding hydrogens is 1810 g/mol. The van der Waals surface area contributed by atoms with Gasteiger partial charge in [0, 0.05) is 54.7 Å². The van der Waals surface area contributed by atoms with Gasteiger partial charge in [0.05, 0.1) is 95.1 Å². The summed E-state index contributed by atoms with van der Waals surface area (Å²) in [5.74, 6) is 5.10. The maximum Gasteiger partial charge on any atom is 2.00 e. The van der Waals surface area contributed by atoms with Crippen LogP contribution >= 0.6 is 50.7 Å². The van der Waals surface area contributed by atoms with Gasteiger partial charge in [0.2, 0.25) is 0 Å². The first-order valence-electron chi connectivity index (χ1n) is 41.7. The number of rotatable bonds is 35. The van der Waals surface area contributed by atoms with Crippen molar-refractivity contribution in [3.05, 3.63) is 189 Å². The molecule has 0 aliphatic carbocycles. The van der Waals surface area contributed by atoms with E-state index in [9.17, 15) is 13.2 Å². The normalized spacial score (nSPS) is 10.2. The fourth-order valence-corrected chi connectivity index (χ4v) is 12.0. The van der Waals surface area contributed by atoms with Crippen LogP contribution in [0.1, 0.15) is 274 Å². The Kier molecular flexibility index (Phi) is 75.5. The zero-order valence-corrected chi connectivity index (χ0v) is 85.9. The third kappa shape index (κ3) is 48.6. The molecule has 8 aromatic rings. The van der Waals surface area contributed by atoms with E-state index in [2.05, 4.69) is 207 Å². The number of ether oxygens (including phenoxy) is 8. The molecule has 0 atom stereocenters. The first-order valence-corrected chi connectivity index (χ1v) is 43.7. The average molecular weight is 1950 g/mol. The van der Waals surface area contributed by atoms with Gasteiger partial charge in [-0.15, -0.1) is 13.2 Å². The summed E-state index contributed by atoms with van der Waals surface area (Å²) < 4.78 is 83.4. The van der Waals surface area contributed by atoms with Crippen LogP contribution in [0.15, 0.2) is 115 Å². The third-order valence-electron chi connectivity index (χ3n) is 18.1. The van der Waals surface area contributed by atoms with E-state index in [1.54, 1.807) is 50.8 Å². The van der Waals surface area contributed by atoms with Gasteiger partial charge in [0.25, 0.3) is 0 Å². The second-order valence-electron chi connectivity index (χ2n) is 26.1. The topological polar surface area (TPSA) is 184 Å². The molecule has 1 aromatic carbocycles. The Hall–Kier alpha value is -4.90. The van der Waals surface area contributed by atoms with E-state index in [4.69, 9.17) is 78.1 Å². The largest absolute Gasteiger partial charge is 2.00 e. The van der Waals surface area contributed by atoms with Crippen LogP contribution in [0.4, 0.5) is 13.2 Å². The first-order chi connectivity index (χ1) is 55.7. The summed E-state index contributed by atoms with van der Waals surface area (Å²) >= 11 is 20.7. The zero-order valence-electron chi connectivity index (χ0n) is 76.1. The SMILES string of the molecule is CCC(CC)Oc1cncc(Cl)c1.CCc1cc(OC(CC)CC)c(CC)nc1-c1ccc(OC(F)(F)F)cc1OC.CCc1cc(OC(CC)CC)c(CC)nc1Br.CCc1cnc(CC)c(OC(CC)CC)c1.CCc1cnc(Cl)c(OC(CC)CC)c1.CCc1cncc(OC(CC)CC)c1.Oc1cncc(Cl)c1.[Br-].[Br-].[CH2-]C.[CH2-]C.[Mg+2].[Mg+2]. The Labute approximate surface area is 797 Å². The minimum atomic E-state index is -4.76. The van der Waals surface area contributed by atoms with Crippen molar-refractivity contribution in [3.8, 4) is 63.0 Å². The molecule has 666 valence electrons. The molecule has 16 nitrogen and oxygen atoms in total. The smallest absolute Gasteiger partial charge is 1.00 e. The van der Waals surface area contributed by atoms with Crippen LogP contribution in [-0.2, 0) is 51.4 Å². The van der Waals surface area contributed by atoms with Gasteiger partial charge in [-0.05, 0) is 215 Å². The van der Waals surface area contributed by atoms with Crippen molar-refractivity contribution in [2.24, 2.45) is 0 Å². The van der Waals surface area contributed by atoms with Crippen LogP contribution < -0.4 is 71.9 Å². The van der Waals surface area contributed by atoms with Gasteiger partial charge in [-0.25, -0.2) is 15.0 Å². The van der Waals surface area contributed by atoms with Gasteiger partial charge in [0.15, 0.2) is 10.9 Å². The minimum absolute atomic E-state index is 0. The van der Waals surface area contributed by atoms with Crippen molar-refractivity contribution in [1.29, 1.82) is 0 Å². The molecule has 27 heteroatoms. The first kappa shape index (κ1) is 124. The van der Waals surface area contributed by atoms with Gasteiger partial charge in [-0.2, -0.15) is 13.8 Å². The molecule has 7 aromatic heterocycles. The van der Waals surface area contributed by atoms with E-state index in [-0.39, 0.29) is 116 Å². The summed E-state index contributed by atoms with van der Waals surface area (Å²) in [5.41, 5.74) is 9.99. The van der Waals surface area contributed by atoms with Crippen molar-refractivity contribution >= 4 is 96.8 Å². The number of methoxy groups -OCH3 is 1. The molecule has 0 spiro atoms. The predicted molar refractivity (Wildman–Crippen MR) is 491 cm³/mol. The molecule has 0 saturated carbocycles. The van der Waals surface area contributed by atoms with Crippen molar-refractivity contribution in [2.45, 2.75) is 324 Å². The molecule has 0 amide bonds. The number of pyridine rings is 7. The van der Waals surface area contributed by atoms with Gasteiger partial charge >= 0.3 is 52.5 Å². The molecule has 7 heterocycles. The molecule has 0 unspecified atom stereocenters. The van der Waals surface area contributed by atoms with E-state index in [1.807, 2.05) is 38.4 Å². The molecule has 0 aliphatic rings. The number of aromatic hydroxyl groups is 1. The van der Waals surface area contributed by atoms with Crippen LogP contribution in [0, 0.1) is 13.8 Å². The van der Waals surface area contributed by atoms with Crippen molar-refractivity contribution in [1.82, 2.24) is 34.9 Å². The molecule has 1 N–H and O–H groups in total. The monoisotopic (exact) mass is 1940 g/mol. The van der Waals surface area contributed by atoms with Crippen molar-refractivity contribution in [2.75, 3.05) is 7.11 Å². The molecule has 0 radical (unpaired) electrons. The molecule has 0 fully saturated rings. The van der Waals surface area contributed by atoms with Crippen LogP contribution in [0.25, 0.3) is 11.3 Å². The van der Waals surface area contributed by atoms with Crippen molar-refractivity contribution in [3.63, 3.8) is 0 Å². The Bertz CT molecular complexity index is 3890. The second kappa shape index (κ2) is 73.3. The van der Waals surface area contributed by atoms with Crippen molar-refractivity contribution < 1.29 is 90.1 Å². The van der Waals surface area contributed by atoms with Crippen LogP contribution in [-0.4, -0.2) is 136 Å². The van der Waals surface area contributed by atoms with Crippen LogP contribution in [0.5, 0.6) is 51.7 Å². The fraction of sp³-hybridized carbons (Fsp3) is 0.538. The van der Waals surface area contributed by atoms with Gasteiger partial charge in [-0.1, -0.05) is 173 Å². The second-order valence-corrected chi connectivity index (χ2v) is 28.0. The molecule has 0 saturated heterocycles.